The van der Waals surface area contributed by atoms with Crippen molar-refractivity contribution < 1.29 is 9.72 Å². The molecule has 0 aromatic heterocycles. The van der Waals surface area contributed by atoms with E-state index in [-0.39, 0.29) is 5.69 Å². The van der Waals surface area contributed by atoms with Crippen molar-refractivity contribution in [3.8, 4) is 0 Å². The van der Waals surface area contributed by atoms with Crippen molar-refractivity contribution >= 4 is 33.6 Å². The number of hydrogen-bond acceptors (Lipinski definition) is 7. The van der Waals surface area contributed by atoms with Gasteiger partial charge in [0.2, 0.25) is 0 Å². The topological polar surface area (TPSA) is 91.4 Å². The van der Waals surface area contributed by atoms with E-state index in [4.69, 9.17) is 0 Å². The lowest BCUT2D eigenvalue weighted by molar-refractivity contribution is -0.385. The monoisotopic (exact) mass is 403 g/mol. The van der Waals surface area contributed by atoms with Gasteiger partial charge in [-0.3, -0.25) is 14.9 Å². The standard InChI is InChI=1S/C16H14BrN5O3/c1-11-8-12(2-7-15(11)22(24)25)9-20-16(10-23)21(19-18-20)14-5-3-13(17)4-6-14/h2-8,10,16H,9H2,1H3. The van der Waals surface area contributed by atoms with Gasteiger partial charge in [0, 0.05) is 16.1 Å². The molecule has 2 aromatic carbocycles. The molecular formula is C16H14BrN5O3. The predicted molar refractivity (Wildman–Crippen MR) is 94.7 cm³/mol. The fourth-order valence-corrected chi connectivity index (χ4v) is 2.85. The Labute approximate surface area is 152 Å². The van der Waals surface area contributed by atoms with Crippen molar-refractivity contribution in [2.45, 2.75) is 19.6 Å². The lowest BCUT2D eigenvalue weighted by atomic mass is 10.1. The summed E-state index contributed by atoms with van der Waals surface area (Å²) < 4.78 is 0.924. The summed E-state index contributed by atoms with van der Waals surface area (Å²) in [6.45, 7) is 2.00. The molecule has 1 atom stereocenters. The summed E-state index contributed by atoms with van der Waals surface area (Å²) in [7, 11) is 0. The molecule has 0 saturated carbocycles. The maximum Gasteiger partial charge on any atom is 0.272 e. The summed E-state index contributed by atoms with van der Waals surface area (Å²) in [5, 5.41) is 22.1. The molecule has 1 heterocycles. The number of nitrogens with zero attached hydrogens (tertiary/aromatic N) is 5. The predicted octanol–water partition coefficient (Wildman–Crippen LogP) is 3.80. The third-order valence-electron chi connectivity index (χ3n) is 3.82. The lowest BCUT2D eigenvalue weighted by Gasteiger charge is -2.23. The molecule has 128 valence electrons. The smallest absolute Gasteiger partial charge is 0.272 e. The minimum Gasteiger partial charge on any atom is -0.299 e. The van der Waals surface area contributed by atoms with Crippen molar-refractivity contribution in [2.24, 2.45) is 10.4 Å². The van der Waals surface area contributed by atoms with Crippen LogP contribution in [0.4, 0.5) is 11.4 Å². The van der Waals surface area contributed by atoms with Gasteiger partial charge in [0.05, 0.1) is 17.2 Å². The Bertz CT molecular complexity index is 840. The molecule has 0 spiro atoms. The Morgan fingerprint density at radius 3 is 2.56 bits per heavy atom. The van der Waals surface area contributed by atoms with Crippen LogP contribution in [0, 0.1) is 17.0 Å². The third-order valence-corrected chi connectivity index (χ3v) is 4.35. The van der Waals surface area contributed by atoms with E-state index in [1.54, 1.807) is 19.1 Å². The number of rotatable bonds is 5. The molecule has 0 bridgehead atoms. The van der Waals surface area contributed by atoms with Gasteiger partial charge in [-0.25, -0.2) is 10.0 Å². The van der Waals surface area contributed by atoms with Crippen LogP contribution in [-0.2, 0) is 11.3 Å². The number of anilines is 1. The highest BCUT2D eigenvalue weighted by molar-refractivity contribution is 9.10. The van der Waals surface area contributed by atoms with Crippen LogP contribution in [0.5, 0.6) is 0 Å². The highest BCUT2D eigenvalue weighted by Crippen LogP contribution is 2.27. The SMILES string of the molecule is Cc1cc(CN2N=NN(c3ccc(Br)cc3)C2C=O)ccc1[N+](=O)[O-]. The highest BCUT2D eigenvalue weighted by Gasteiger charge is 2.30. The van der Waals surface area contributed by atoms with Crippen LogP contribution in [0.25, 0.3) is 0 Å². The van der Waals surface area contributed by atoms with Crippen LogP contribution in [0.2, 0.25) is 0 Å². The second kappa shape index (κ2) is 6.98. The number of benzene rings is 2. The van der Waals surface area contributed by atoms with E-state index < -0.39 is 11.1 Å². The molecule has 0 radical (unpaired) electrons. The third kappa shape index (κ3) is 3.50. The number of hydrogen-bond donors (Lipinski definition) is 0. The first-order valence-corrected chi connectivity index (χ1v) is 8.21. The lowest BCUT2D eigenvalue weighted by Crippen LogP contribution is -2.39. The van der Waals surface area contributed by atoms with Gasteiger partial charge in [0.25, 0.3) is 5.69 Å². The van der Waals surface area contributed by atoms with E-state index >= 15 is 0 Å². The number of nitro benzene ring substituents is 1. The first kappa shape index (κ1) is 17.0. The zero-order chi connectivity index (χ0) is 18.0. The van der Waals surface area contributed by atoms with E-state index in [1.807, 2.05) is 24.3 Å². The molecule has 1 aliphatic heterocycles. The van der Waals surface area contributed by atoms with Crippen molar-refractivity contribution in [1.82, 2.24) is 5.01 Å². The first-order chi connectivity index (χ1) is 12.0. The van der Waals surface area contributed by atoms with Gasteiger partial charge in [-0.1, -0.05) is 27.2 Å². The molecule has 0 aliphatic carbocycles. The molecular weight excluding hydrogens is 390 g/mol. The van der Waals surface area contributed by atoms with Crippen molar-refractivity contribution in [3.05, 3.63) is 68.2 Å². The quantitative estimate of drug-likeness (QED) is 0.430. The van der Waals surface area contributed by atoms with Crippen LogP contribution in [0.1, 0.15) is 11.1 Å². The fourth-order valence-electron chi connectivity index (χ4n) is 2.59. The van der Waals surface area contributed by atoms with Crippen LogP contribution < -0.4 is 5.01 Å². The Hall–Kier alpha value is -2.81. The van der Waals surface area contributed by atoms with E-state index in [9.17, 15) is 14.9 Å². The average molecular weight is 404 g/mol. The summed E-state index contributed by atoms with van der Waals surface area (Å²) in [5.74, 6) is 0. The van der Waals surface area contributed by atoms with Crippen LogP contribution >= 0.6 is 15.9 Å². The van der Waals surface area contributed by atoms with Gasteiger partial charge >= 0.3 is 0 Å². The molecule has 0 amide bonds. The van der Waals surface area contributed by atoms with Crippen LogP contribution in [0.3, 0.4) is 0 Å². The average Bonchev–Trinajstić information content (AvgIpc) is 2.98. The van der Waals surface area contributed by atoms with Crippen molar-refractivity contribution in [3.63, 3.8) is 0 Å². The first-order valence-electron chi connectivity index (χ1n) is 7.42. The van der Waals surface area contributed by atoms with Crippen LogP contribution in [0.15, 0.2) is 57.4 Å². The number of aldehydes is 1. The maximum absolute atomic E-state index is 11.6. The number of carbonyl (C=O) groups is 1. The summed E-state index contributed by atoms with van der Waals surface area (Å²) in [6.07, 6.45) is 0.0944. The van der Waals surface area contributed by atoms with Crippen LogP contribution in [-0.4, -0.2) is 22.4 Å². The van der Waals surface area contributed by atoms with Gasteiger partial charge < -0.3 is 0 Å². The van der Waals surface area contributed by atoms with Gasteiger partial charge in [0.1, 0.15) is 0 Å². The Morgan fingerprint density at radius 1 is 1.24 bits per heavy atom. The fraction of sp³-hybridized carbons (Fsp3) is 0.188. The minimum absolute atomic E-state index is 0.0650. The van der Waals surface area contributed by atoms with Crippen molar-refractivity contribution in [2.75, 3.05) is 5.01 Å². The molecule has 1 aliphatic rings. The second-order valence-electron chi connectivity index (χ2n) is 5.53. The molecule has 25 heavy (non-hydrogen) atoms. The molecule has 9 heteroatoms. The maximum atomic E-state index is 11.6. The molecule has 0 fully saturated rings. The molecule has 3 rings (SSSR count). The van der Waals surface area contributed by atoms with Gasteiger partial charge in [-0.05, 0) is 48.0 Å². The number of aryl methyl sites for hydroxylation is 1. The zero-order valence-electron chi connectivity index (χ0n) is 13.2. The molecule has 0 saturated heterocycles. The normalized spacial score (nSPS) is 16.3. The number of carbonyl (C=O) groups excluding carboxylic acids is 1. The van der Waals surface area contributed by atoms with E-state index in [0.717, 1.165) is 22.0 Å². The summed E-state index contributed by atoms with van der Waals surface area (Å²) in [6, 6.07) is 12.2. The Kier molecular flexibility index (Phi) is 4.75. The van der Waals surface area contributed by atoms with Crippen molar-refractivity contribution in [1.29, 1.82) is 0 Å². The summed E-state index contributed by atoms with van der Waals surface area (Å²) >= 11 is 3.36. The second-order valence-corrected chi connectivity index (χ2v) is 6.44. The Morgan fingerprint density at radius 2 is 1.96 bits per heavy atom. The van der Waals surface area contributed by atoms with Gasteiger partial charge in [0.15, 0.2) is 12.5 Å². The minimum atomic E-state index is -0.670. The molecule has 1 unspecified atom stereocenters. The van der Waals surface area contributed by atoms with E-state index in [1.165, 1.54) is 16.1 Å². The molecule has 2 aromatic rings. The van der Waals surface area contributed by atoms with Gasteiger partial charge in [-0.15, -0.1) is 0 Å². The molecule has 8 nitrogen and oxygen atoms in total. The van der Waals surface area contributed by atoms with E-state index in [2.05, 4.69) is 26.4 Å². The Balaban J connectivity index is 1.78. The number of halogens is 1. The summed E-state index contributed by atoms with van der Waals surface area (Å²) in [5.41, 5.74) is 2.18. The van der Waals surface area contributed by atoms with E-state index in [0.29, 0.717) is 12.1 Å². The summed E-state index contributed by atoms with van der Waals surface area (Å²) in [4.78, 5) is 22.1. The highest BCUT2D eigenvalue weighted by atomic mass is 79.9. The molecule has 0 N–H and O–H groups in total. The van der Waals surface area contributed by atoms with Gasteiger partial charge in [-0.2, -0.15) is 0 Å². The number of nitro groups is 1. The zero-order valence-corrected chi connectivity index (χ0v) is 14.8. The largest absolute Gasteiger partial charge is 0.299 e.